The predicted octanol–water partition coefficient (Wildman–Crippen LogP) is 3.37. The number of carbonyl (C=O) groups is 1. The van der Waals surface area contributed by atoms with E-state index < -0.39 is 17.7 Å². The molecule has 0 aliphatic heterocycles. The van der Waals surface area contributed by atoms with Gasteiger partial charge in [-0.1, -0.05) is 24.6 Å². The molecule has 0 saturated heterocycles. The first-order chi connectivity index (χ1) is 6.99. The van der Waals surface area contributed by atoms with E-state index in [9.17, 15) is 9.18 Å². The van der Waals surface area contributed by atoms with Gasteiger partial charge in [0.15, 0.2) is 0 Å². The quantitative estimate of drug-likeness (QED) is 0.865. The van der Waals surface area contributed by atoms with Crippen molar-refractivity contribution in [3.8, 4) is 0 Å². The number of carboxylic acid groups (broad SMARTS) is 1. The number of benzene rings is 1. The molecule has 0 fully saturated rings. The van der Waals surface area contributed by atoms with Gasteiger partial charge in [0, 0.05) is 5.56 Å². The van der Waals surface area contributed by atoms with Crippen molar-refractivity contribution in [2.75, 3.05) is 0 Å². The van der Waals surface area contributed by atoms with Gasteiger partial charge in [0.2, 0.25) is 0 Å². The summed E-state index contributed by atoms with van der Waals surface area (Å²) in [7, 11) is 0. The van der Waals surface area contributed by atoms with Gasteiger partial charge >= 0.3 is 5.97 Å². The van der Waals surface area contributed by atoms with Crippen molar-refractivity contribution in [2.24, 2.45) is 0 Å². The summed E-state index contributed by atoms with van der Waals surface area (Å²) in [6.45, 7) is 3.39. The summed E-state index contributed by atoms with van der Waals surface area (Å²) in [5.74, 6) is -2.48. The highest BCUT2D eigenvalue weighted by molar-refractivity contribution is 6.30. The fourth-order valence-corrected chi connectivity index (χ4v) is 1.76. The summed E-state index contributed by atoms with van der Waals surface area (Å²) in [6, 6.07) is 3.07. The Labute approximate surface area is 92.7 Å². The Morgan fingerprint density at radius 1 is 1.60 bits per heavy atom. The minimum absolute atomic E-state index is 0.0321. The van der Waals surface area contributed by atoms with E-state index in [1.54, 1.807) is 19.9 Å². The molecule has 0 radical (unpaired) electrons. The van der Waals surface area contributed by atoms with Crippen LogP contribution >= 0.6 is 11.6 Å². The Hall–Kier alpha value is -1.09. The SMILES string of the molecule is CCC(C(=O)O)c1c(C)ccc(Cl)c1F. The summed E-state index contributed by atoms with van der Waals surface area (Å²) < 4.78 is 13.7. The highest BCUT2D eigenvalue weighted by Gasteiger charge is 2.24. The summed E-state index contributed by atoms with van der Waals surface area (Å²) in [5, 5.41) is 8.92. The second-order valence-corrected chi connectivity index (χ2v) is 3.80. The van der Waals surface area contributed by atoms with E-state index in [1.165, 1.54) is 6.07 Å². The number of carboxylic acids is 1. The average molecular weight is 231 g/mol. The van der Waals surface area contributed by atoms with Crippen LogP contribution in [0, 0.1) is 12.7 Å². The zero-order valence-electron chi connectivity index (χ0n) is 8.55. The predicted molar refractivity (Wildman–Crippen MR) is 56.8 cm³/mol. The molecule has 0 aliphatic carbocycles. The standard InChI is InChI=1S/C11H12ClFO2/c1-3-7(11(14)15)9-6(2)4-5-8(12)10(9)13/h4-5,7H,3H2,1-2H3,(H,14,15). The number of aryl methyl sites for hydroxylation is 1. The van der Waals surface area contributed by atoms with Crippen LogP contribution in [0.15, 0.2) is 12.1 Å². The van der Waals surface area contributed by atoms with Crippen LogP contribution in [0.1, 0.15) is 30.4 Å². The van der Waals surface area contributed by atoms with E-state index >= 15 is 0 Å². The monoisotopic (exact) mass is 230 g/mol. The van der Waals surface area contributed by atoms with E-state index in [4.69, 9.17) is 16.7 Å². The number of hydrogen-bond donors (Lipinski definition) is 1. The molecule has 15 heavy (non-hydrogen) atoms. The van der Waals surface area contributed by atoms with Gasteiger partial charge in [0.1, 0.15) is 5.82 Å². The molecular formula is C11H12ClFO2. The summed E-state index contributed by atoms with van der Waals surface area (Å²) in [6.07, 6.45) is 0.341. The van der Waals surface area contributed by atoms with Crippen LogP contribution in [0.2, 0.25) is 5.02 Å². The third-order valence-corrected chi connectivity index (χ3v) is 2.70. The lowest BCUT2D eigenvalue weighted by atomic mass is 9.92. The lowest BCUT2D eigenvalue weighted by Crippen LogP contribution is -2.14. The molecule has 0 aromatic heterocycles. The van der Waals surface area contributed by atoms with E-state index in [0.29, 0.717) is 12.0 Å². The summed E-state index contributed by atoms with van der Waals surface area (Å²) in [4.78, 5) is 10.9. The molecule has 0 heterocycles. The Kier molecular flexibility index (Phi) is 3.69. The molecule has 1 unspecified atom stereocenters. The van der Waals surface area contributed by atoms with E-state index in [0.717, 1.165) is 0 Å². The molecule has 1 atom stereocenters. The van der Waals surface area contributed by atoms with Crippen molar-refractivity contribution in [1.82, 2.24) is 0 Å². The Bertz CT molecular complexity index is 390. The Morgan fingerprint density at radius 2 is 2.20 bits per heavy atom. The Morgan fingerprint density at radius 3 is 2.67 bits per heavy atom. The zero-order chi connectivity index (χ0) is 11.6. The summed E-state index contributed by atoms with van der Waals surface area (Å²) >= 11 is 5.62. The van der Waals surface area contributed by atoms with Crippen LogP contribution in [0.5, 0.6) is 0 Å². The first-order valence-electron chi connectivity index (χ1n) is 4.66. The maximum atomic E-state index is 13.7. The Balaban J connectivity index is 3.34. The number of halogens is 2. The van der Waals surface area contributed by atoms with Crippen LogP contribution in [0.3, 0.4) is 0 Å². The minimum atomic E-state index is -1.03. The van der Waals surface area contributed by atoms with E-state index in [2.05, 4.69) is 0 Å². The smallest absolute Gasteiger partial charge is 0.311 e. The van der Waals surface area contributed by atoms with Gasteiger partial charge in [-0.3, -0.25) is 4.79 Å². The molecule has 2 nitrogen and oxygen atoms in total. The molecule has 82 valence electrons. The maximum Gasteiger partial charge on any atom is 0.311 e. The van der Waals surface area contributed by atoms with Crippen molar-refractivity contribution in [3.05, 3.63) is 34.1 Å². The van der Waals surface area contributed by atoms with E-state index in [-0.39, 0.29) is 10.6 Å². The zero-order valence-corrected chi connectivity index (χ0v) is 9.31. The number of rotatable bonds is 3. The molecule has 0 spiro atoms. The average Bonchev–Trinajstić information content (AvgIpc) is 2.18. The van der Waals surface area contributed by atoms with Gasteiger partial charge < -0.3 is 5.11 Å². The number of hydrogen-bond acceptors (Lipinski definition) is 1. The second-order valence-electron chi connectivity index (χ2n) is 3.39. The summed E-state index contributed by atoms with van der Waals surface area (Å²) in [5.41, 5.74) is 0.809. The largest absolute Gasteiger partial charge is 0.481 e. The normalized spacial score (nSPS) is 12.5. The van der Waals surface area contributed by atoms with Gasteiger partial charge in [-0.05, 0) is 25.0 Å². The van der Waals surface area contributed by atoms with Gasteiger partial charge in [0.05, 0.1) is 10.9 Å². The first-order valence-corrected chi connectivity index (χ1v) is 5.04. The van der Waals surface area contributed by atoms with Crippen LogP contribution in [0.25, 0.3) is 0 Å². The van der Waals surface area contributed by atoms with Crippen LogP contribution in [-0.4, -0.2) is 11.1 Å². The molecule has 1 rings (SSSR count). The number of aliphatic carboxylic acids is 1. The van der Waals surface area contributed by atoms with Gasteiger partial charge in [-0.2, -0.15) is 0 Å². The third-order valence-electron chi connectivity index (χ3n) is 2.41. The highest BCUT2D eigenvalue weighted by Crippen LogP contribution is 2.30. The van der Waals surface area contributed by atoms with Gasteiger partial charge in [-0.15, -0.1) is 0 Å². The van der Waals surface area contributed by atoms with Crippen molar-refractivity contribution in [3.63, 3.8) is 0 Å². The van der Waals surface area contributed by atoms with E-state index in [1.807, 2.05) is 0 Å². The van der Waals surface area contributed by atoms with Crippen LogP contribution < -0.4 is 0 Å². The topological polar surface area (TPSA) is 37.3 Å². The molecule has 4 heteroatoms. The highest BCUT2D eigenvalue weighted by atomic mass is 35.5. The van der Waals surface area contributed by atoms with Crippen LogP contribution in [-0.2, 0) is 4.79 Å². The van der Waals surface area contributed by atoms with Crippen molar-refractivity contribution >= 4 is 17.6 Å². The molecule has 0 saturated carbocycles. The molecule has 1 aromatic carbocycles. The van der Waals surface area contributed by atoms with Crippen molar-refractivity contribution in [1.29, 1.82) is 0 Å². The molecule has 0 bridgehead atoms. The molecule has 1 aromatic rings. The van der Waals surface area contributed by atoms with Crippen LogP contribution in [0.4, 0.5) is 4.39 Å². The van der Waals surface area contributed by atoms with Gasteiger partial charge in [-0.25, -0.2) is 4.39 Å². The lowest BCUT2D eigenvalue weighted by molar-refractivity contribution is -0.138. The fraction of sp³-hybridized carbons (Fsp3) is 0.364. The lowest BCUT2D eigenvalue weighted by Gasteiger charge is -2.14. The molecule has 0 aliphatic rings. The maximum absolute atomic E-state index is 13.7. The van der Waals surface area contributed by atoms with Crippen molar-refractivity contribution in [2.45, 2.75) is 26.2 Å². The fourth-order valence-electron chi connectivity index (χ4n) is 1.59. The molecular weight excluding hydrogens is 219 g/mol. The second kappa shape index (κ2) is 4.62. The molecule has 0 amide bonds. The molecule has 1 N–H and O–H groups in total. The van der Waals surface area contributed by atoms with Gasteiger partial charge in [0.25, 0.3) is 0 Å². The third kappa shape index (κ3) is 2.29. The van der Waals surface area contributed by atoms with Crippen molar-refractivity contribution < 1.29 is 14.3 Å². The minimum Gasteiger partial charge on any atom is -0.481 e. The first kappa shape index (κ1) is 12.0.